The molecule has 2 atom stereocenters. The van der Waals surface area contributed by atoms with Gasteiger partial charge in [0.25, 0.3) is 0 Å². The van der Waals surface area contributed by atoms with E-state index in [2.05, 4.69) is 161 Å². The number of rotatable bonds is 8. The standard InChI is InChI=1S/2C21H17.C2H5.CH5Si.2ClH.Zr/c2*1-2-15-13-17-9-6-12-20(21(17)14-15)19-11-5-8-16-7-3-4-10-18(16)19;2*1-2;;;/h2*3-14H,2H2,1H3;1H2,2H3;2H2,1H3;2*1H;/q;;;;;;+2/p-2. The minimum atomic E-state index is -5.41. The predicted molar refractivity (Wildman–Crippen MR) is 217 cm³/mol. The van der Waals surface area contributed by atoms with Gasteiger partial charge in [-0.15, -0.1) is 0 Å². The first-order chi connectivity index (χ1) is 23.7. The molecule has 0 radical (unpaired) electrons. The third-order valence-corrected chi connectivity index (χ3v) is 69.5. The average Bonchev–Trinajstić information content (AvgIpc) is 3.75. The number of hydrogen-bond donors (Lipinski definition) is 0. The van der Waals surface area contributed by atoms with Crippen LogP contribution >= 0.6 is 17.0 Å². The Kier molecular flexibility index (Phi) is 7.97. The van der Waals surface area contributed by atoms with E-state index in [4.69, 9.17) is 17.0 Å². The Hall–Kier alpha value is -3.00. The molecule has 49 heavy (non-hydrogen) atoms. The molecule has 0 fully saturated rings. The van der Waals surface area contributed by atoms with Crippen molar-refractivity contribution in [2.75, 3.05) is 0 Å². The molecule has 0 nitrogen and oxygen atoms in total. The average molecular weight is 775 g/mol. The van der Waals surface area contributed by atoms with E-state index < -0.39 is 20.7 Å². The van der Waals surface area contributed by atoms with Crippen LogP contribution in [0.25, 0.3) is 56.0 Å². The first kappa shape index (κ1) is 33.2. The van der Waals surface area contributed by atoms with Crippen LogP contribution < -0.4 is 0 Å². The van der Waals surface area contributed by atoms with Gasteiger partial charge in [0.1, 0.15) is 0 Å². The van der Waals surface area contributed by atoms with Crippen molar-refractivity contribution in [3.63, 3.8) is 0 Å². The van der Waals surface area contributed by atoms with Gasteiger partial charge in [0.15, 0.2) is 0 Å². The van der Waals surface area contributed by atoms with E-state index in [1.807, 2.05) is 0 Å². The summed E-state index contributed by atoms with van der Waals surface area (Å²) in [5.41, 5.74) is 13.3. The Morgan fingerprint density at radius 1 is 0.510 bits per heavy atom. The third kappa shape index (κ3) is 4.70. The first-order valence-corrected chi connectivity index (χ1v) is 36.4. The van der Waals surface area contributed by atoms with Crippen LogP contribution in [0.4, 0.5) is 0 Å². The van der Waals surface area contributed by atoms with E-state index in [0.717, 1.165) is 17.0 Å². The SMILES string of the molecule is CCC1=Cc2c(-c3cccc4ccccc34)cccc2[CH]1[Zr]([Cl])([Cl])([CH2]C)([SiH2]C)[CH]1C(CC)=Cc2c(-c3cccc4ccccc34)cccc21. The Labute approximate surface area is 297 Å². The molecule has 0 bridgehead atoms. The van der Waals surface area contributed by atoms with Gasteiger partial charge in [0, 0.05) is 0 Å². The van der Waals surface area contributed by atoms with Crippen LogP contribution in [0.3, 0.4) is 0 Å². The topological polar surface area (TPSA) is 0 Å². The summed E-state index contributed by atoms with van der Waals surface area (Å²) in [7, 11) is 17.9. The molecule has 0 saturated heterocycles. The normalized spacial score (nSPS) is 18.7. The summed E-state index contributed by atoms with van der Waals surface area (Å²) in [6, 6.07) is 44.7. The van der Waals surface area contributed by atoms with Crippen molar-refractivity contribution in [3.05, 3.63) is 155 Å². The van der Waals surface area contributed by atoms with E-state index in [9.17, 15) is 0 Å². The molecule has 0 saturated carbocycles. The van der Waals surface area contributed by atoms with Gasteiger partial charge in [-0.3, -0.25) is 0 Å². The molecule has 0 aromatic heterocycles. The van der Waals surface area contributed by atoms with Crippen molar-refractivity contribution in [3.8, 4) is 22.3 Å². The second kappa shape index (κ2) is 11.8. The van der Waals surface area contributed by atoms with Crippen LogP contribution in [0.1, 0.15) is 63.1 Å². The molecule has 0 heterocycles. The van der Waals surface area contributed by atoms with E-state index in [1.165, 1.54) is 77.2 Å². The second-order valence-electron chi connectivity index (χ2n) is 14.7. The monoisotopic (exact) mass is 772 g/mol. The van der Waals surface area contributed by atoms with Crippen molar-refractivity contribution in [2.24, 2.45) is 0 Å². The van der Waals surface area contributed by atoms with Gasteiger partial charge in [-0.2, -0.15) is 0 Å². The van der Waals surface area contributed by atoms with E-state index in [1.54, 1.807) is 0 Å². The van der Waals surface area contributed by atoms with Crippen molar-refractivity contribution < 1.29 is 14.1 Å². The molecular weight excluding hydrogens is 731 g/mol. The Bertz CT molecular complexity index is 2200. The Morgan fingerprint density at radius 2 is 0.898 bits per heavy atom. The predicted octanol–water partition coefficient (Wildman–Crippen LogP) is 13.8. The van der Waals surface area contributed by atoms with Gasteiger partial charge in [-0.1, -0.05) is 0 Å². The number of halogens is 2. The number of allylic oxidation sites excluding steroid dienone is 2. The molecule has 0 aliphatic heterocycles. The van der Waals surface area contributed by atoms with Crippen molar-refractivity contribution in [1.29, 1.82) is 0 Å². The summed E-state index contributed by atoms with van der Waals surface area (Å²) in [5, 5.41) is 5.09. The molecule has 2 aliphatic carbocycles. The summed E-state index contributed by atoms with van der Waals surface area (Å²) >= 11 is -5.41. The molecule has 0 amide bonds. The quantitative estimate of drug-likeness (QED) is 0.135. The van der Waals surface area contributed by atoms with Crippen LogP contribution in [0.2, 0.25) is 10.7 Å². The zero-order valence-electron chi connectivity index (χ0n) is 28.9. The van der Waals surface area contributed by atoms with Crippen LogP contribution in [0.5, 0.6) is 0 Å². The molecule has 2 unspecified atom stereocenters. The number of benzene rings is 6. The fourth-order valence-electron chi connectivity index (χ4n) is 10.0. The molecule has 2 aliphatic rings. The summed E-state index contributed by atoms with van der Waals surface area (Å²) in [4.78, 5) is 0. The van der Waals surface area contributed by atoms with Crippen LogP contribution in [0, 0.1) is 0 Å². The Morgan fingerprint density at radius 3 is 1.31 bits per heavy atom. The van der Waals surface area contributed by atoms with Crippen molar-refractivity contribution in [2.45, 2.75) is 51.5 Å². The molecule has 6 aromatic rings. The van der Waals surface area contributed by atoms with Gasteiger partial charge in [-0.25, -0.2) is 0 Å². The van der Waals surface area contributed by atoms with Gasteiger partial charge < -0.3 is 0 Å². The summed E-state index contributed by atoms with van der Waals surface area (Å²) in [6.07, 6.45) is 6.87. The van der Waals surface area contributed by atoms with Gasteiger partial charge in [0.05, 0.1) is 0 Å². The third-order valence-electron chi connectivity index (χ3n) is 12.7. The first-order valence-electron chi connectivity index (χ1n) is 18.1. The van der Waals surface area contributed by atoms with Crippen molar-refractivity contribution in [1.82, 2.24) is 0 Å². The van der Waals surface area contributed by atoms with Crippen LogP contribution in [-0.4, -0.2) is 6.65 Å². The number of fused-ring (bicyclic) bond motifs is 4. The minimum absolute atomic E-state index is 0.0632. The summed E-state index contributed by atoms with van der Waals surface area (Å²) < 4.78 is 0.980. The van der Waals surface area contributed by atoms with E-state index >= 15 is 0 Å². The maximum atomic E-state index is 8.97. The fraction of sp³-hybridized carbons (Fsp3) is 0.200. The molecule has 6 aromatic carbocycles. The molecule has 0 N–H and O–H groups in total. The summed E-state index contributed by atoms with van der Waals surface area (Å²) in [6.45, 7) is 8.45. The summed E-state index contributed by atoms with van der Waals surface area (Å²) in [5.74, 6) is 0. The fourth-order valence-corrected chi connectivity index (χ4v) is 47.6. The van der Waals surface area contributed by atoms with Crippen LogP contribution in [0.15, 0.2) is 132 Å². The molecular formula is C45H44Cl2SiZr. The van der Waals surface area contributed by atoms with Gasteiger partial charge in [-0.05, 0) is 0 Å². The van der Waals surface area contributed by atoms with Crippen molar-refractivity contribution >= 4 is 57.4 Å². The van der Waals surface area contributed by atoms with Gasteiger partial charge >= 0.3 is 300 Å². The van der Waals surface area contributed by atoms with E-state index in [0.29, 0.717) is 0 Å². The van der Waals surface area contributed by atoms with Crippen LogP contribution in [-0.2, 0) is 14.1 Å². The second-order valence-corrected chi connectivity index (χ2v) is 68.5. The molecule has 246 valence electrons. The maximum absolute atomic E-state index is 8.97. The zero-order valence-corrected chi connectivity index (χ0v) is 34.3. The molecule has 8 rings (SSSR count). The zero-order chi connectivity index (χ0) is 34.0. The van der Waals surface area contributed by atoms with E-state index in [-0.39, 0.29) is 7.25 Å². The molecule has 4 heteroatoms. The Balaban J connectivity index is 1.38. The molecule has 0 spiro atoms. The van der Waals surface area contributed by atoms with Gasteiger partial charge in [0.2, 0.25) is 0 Å². The number of hydrogen-bond acceptors (Lipinski definition) is 0.